The number of pyridine rings is 1. The van der Waals surface area contributed by atoms with Crippen molar-refractivity contribution in [3.05, 3.63) is 64.8 Å². The maximum atomic E-state index is 12.6. The predicted octanol–water partition coefficient (Wildman–Crippen LogP) is 3.37. The number of hydrogen-bond donors (Lipinski definition) is 1. The Bertz CT molecular complexity index is 803. The van der Waals surface area contributed by atoms with Crippen LogP contribution < -0.4 is 11.3 Å². The highest BCUT2D eigenvalue weighted by Crippen LogP contribution is 2.20. The fourth-order valence-corrected chi connectivity index (χ4v) is 2.68. The van der Waals surface area contributed by atoms with Crippen molar-refractivity contribution in [2.45, 2.75) is 25.8 Å². The maximum Gasteiger partial charge on any atom is 0.260 e. The second-order valence-corrected chi connectivity index (χ2v) is 5.30. The van der Waals surface area contributed by atoms with E-state index < -0.39 is 0 Å². The molecule has 21 heavy (non-hydrogen) atoms. The third-order valence-electron chi connectivity index (χ3n) is 3.82. The van der Waals surface area contributed by atoms with Crippen molar-refractivity contribution in [1.29, 1.82) is 0 Å². The number of hydrogen-bond acceptors (Lipinski definition) is 3. The summed E-state index contributed by atoms with van der Waals surface area (Å²) in [6.07, 6.45) is 3.25. The van der Waals surface area contributed by atoms with Crippen LogP contribution in [0.2, 0.25) is 0 Å². The second kappa shape index (κ2) is 5.48. The quantitative estimate of drug-likeness (QED) is 0.798. The van der Waals surface area contributed by atoms with E-state index >= 15 is 0 Å². The monoisotopic (exact) mass is 282 g/mol. The van der Waals surface area contributed by atoms with E-state index in [2.05, 4.69) is 0 Å². The zero-order chi connectivity index (χ0) is 14.8. The molecule has 2 N–H and O–H groups in total. The summed E-state index contributed by atoms with van der Waals surface area (Å²) >= 11 is 0. The summed E-state index contributed by atoms with van der Waals surface area (Å²) in [6, 6.07) is 13.2. The third kappa shape index (κ3) is 2.57. The molecule has 0 spiro atoms. The minimum Gasteiger partial charge on any atom is -0.469 e. The van der Waals surface area contributed by atoms with Gasteiger partial charge in [-0.1, -0.05) is 18.2 Å². The lowest BCUT2D eigenvalue weighted by Crippen LogP contribution is -2.26. The molecule has 2 heterocycles. The van der Waals surface area contributed by atoms with E-state index in [4.69, 9.17) is 10.2 Å². The van der Waals surface area contributed by atoms with Crippen molar-refractivity contribution in [3.8, 4) is 0 Å². The molecule has 4 heteroatoms. The Kier molecular flexibility index (Phi) is 3.52. The van der Waals surface area contributed by atoms with Crippen LogP contribution in [-0.4, -0.2) is 4.57 Å². The summed E-state index contributed by atoms with van der Waals surface area (Å²) in [5, 5.41) is 1.59. The van der Waals surface area contributed by atoms with Crippen LogP contribution in [0.4, 0.5) is 5.82 Å². The minimum absolute atomic E-state index is 0.0206. The Hall–Kier alpha value is -2.49. The number of anilines is 1. The Morgan fingerprint density at radius 2 is 2.05 bits per heavy atom. The molecule has 1 aromatic carbocycles. The fraction of sp³-hybridized carbons (Fsp3) is 0.235. The summed E-state index contributed by atoms with van der Waals surface area (Å²) in [5.41, 5.74) is 6.05. The van der Waals surface area contributed by atoms with Gasteiger partial charge < -0.3 is 10.2 Å². The first-order valence-electron chi connectivity index (χ1n) is 7.09. The van der Waals surface area contributed by atoms with Gasteiger partial charge in [-0.15, -0.1) is 0 Å². The van der Waals surface area contributed by atoms with Gasteiger partial charge in [-0.25, -0.2) is 0 Å². The van der Waals surface area contributed by atoms with E-state index in [-0.39, 0.29) is 11.6 Å². The average molecular weight is 282 g/mol. The average Bonchev–Trinajstić information content (AvgIpc) is 2.98. The number of rotatable bonds is 4. The van der Waals surface area contributed by atoms with Crippen LogP contribution in [0.3, 0.4) is 0 Å². The van der Waals surface area contributed by atoms with Crippen molar-refractivity contribution in [3.63, 3.8) is 0 Å². The maximum absolute atomic E-state index is 12.6. The lowest BCUT2D eigenvalue weighted by molar-refractivity contribution is 0.450. The highest BCUT2D eigenvalue weighted by molar-refractivity contribution is 5.83. The van der Waals surface area contributed by atoms with Crippen LogP contribution in [0.1, 0.15) is 25.1 Å². The van der Waals surface area contributed by atoms with Crippen molar-refractivity contribution < 1.29 is 4.42 Å². The number of aromatic nitrogens is 1. The molecule has 0 fully saturated rings. The number of benzene rings is 1. The summed E-state index contributed by atoms with van der Waals surface area (Å²) in [6.45, 7) is 2.01. The molecule has 0 radical (unpaired) electrons. The molecule has 0 saturated heterocycles. The lowest BCUT2D eigenvalue weighted by Gasteiger charge is -2.18. The van der Waals surface area contributed by atoms with Crippen LogP contribution in [0, 0.1) is 0 Å². The molecular formula is C17H18N2O2. The van der Waals surface area contributed by atoms with Crippen LogP contribution >= 0.6 is 0 Å². The number of fused-ring (bicyclic) bond motifs is 1. The normalized spacial score (nSPS) is 12.6. The van der Waals surface area contributed by atoms with Crippen molar-refractivity contribution in [1.82, 2.24) is 4.57 Å². The molecule has 0 aliphatic heterocycles. The van der Waals surface area contributed by atoms with E-state index in [9.17, 15) is 4.79 Å². The van der Waals surface area contributed by atoms with Crippen molar-refractivity contribution in [2.75, 3.05) is 5.73 Å². The van der Waals surface area contributed by atoms with Gasteiger partial charge in [0.2, 0.25) is 0 Å². The number of nitrogen functional groups attached to an aromatic ring is 1. The van der Waals surface area contributed by atoms with Gasteiger partial charge in [-0.05, 0) is 43.0 Å². The largest absolute Gasteiger partial charge is 0.469 e. The zero-order valence-corrected chi connectivity index (χ0v) is 12.0. The predicted molar refractivity (Wildman–Crippen MR) is 84.4 cm³/mol. The highest BCUT2D eigenvalue weighted by Gasteiger charge is 2.13. The standard InChI is InChI=1S/C17H18N2O2/c1-12(8-9-14-6-4-10-21-14)19-16(18)11-13-5-2-3-7-15(13)17(19)20/h2-7,10-12H,8-9,18H2,1H3. The molecule has 1 atom stereocenters. The van der Waals surface area contributed by atoms with Gasteiger partial charge in [0.05, 0.1) is 6.26 Å². The van der Waals surface area contributed by atoms with Gasteiger partial charge in [0.1, 0.15) is 11.6 Å². The number of furan rings is 1. The molecule has 3 aromatic rings. The molecule has 0 amide bonds. The van der Waals surface area contributed by atoms with Crippen LogP contribution in [-0.2, 0) is 6.42 Å². The smallest absolute Gasteiger partial charge is 0.260 e. The van der Waals surface area contributed by atoms with Gasteiger partial charge >= 0.3 is 0 Å². The van der Waals surface area contributed by atoms with Gasteiger partial charge in [0.15, 0.2) is 0 Å². The van der Waals surface area contributed by atoms with Gasteiger partial charge in [0, 0.05) is 17.8 Å². The number of nitrogens with zero attached hydrogens (tertiary/aromatic N) is 1. The van der Waals surface area contributed by atoms with Gasteiger partial charge in [-0.3, -0.25) is 9.36 Å². The molecular weight excluding hydrogens is 264 g/mol. The first-order chi connectivity index (χ1) is 10.2. The molecule has 0 aliphatic rings. The molecule has 0 bridgehead atoms. The van der Waals surface area contributed by atoms with Gasteiger partial charge in [0.25, 0.3) is 5.56 Å². The SMILES string of the molecule is CC(CCc1ccco1)n1c(N)cc2ccccc2c1=O. The summed E-state index contributed by atoms with van der Waals surface area (Å²) < 4.78 is 7.00. The molecule has 4 nitrogen and oxygen atoms in total. The molecule has 0 saturated carbocycles. The van der Waals surface area contributed by atoms with E-state index in [1.165, 1.54) is 0 Å². The lowest BCUT2D eigenvalue weighted by atomic mass is 10.1. The van der Waals surface area contributed by atoms with Crippen molar-refractivity contribution in [2.24, 2.45) is 0 Å². The van der Waals surface area contributed by atoms with Crippen LogP contribution in [0.5, 0.6) is 0 Å². The number of nitrogens with two attached hydrogens (primary N) is 1. The fourth-order valence-electron chi connectivity index (χ4n) is 2.68. The van der Waals surface area contributed by atoms with Crippen LogP contribution in [0.25, 0.3) is 10.8 Å². The van der Waals surface area contributed by atoms with Gasteiger partial charge in [-0.2, -0.15) is 0 Å². The van der Waals surface area contributed by atoms with E-state index in [1.807, 2.05) is 49.4 Å². The Balaban J connectivity index is 1.93. The minimum atomic E-state index is -0.0301. The van der Waals surface area contributed by atoms with E-state index in [1.54, 1.807) is 10.8 Å². The van der Waals surface area contributed by atoms with E-state index in [0.29, 0.717) is 11.2 Å². The van der Waals surface area contributed by atoms with Crippen LogP contribution in [0.15, 0.2) is 57.9 Å². The van der Waals surface area contributed by atoms with Crippen molar-refractivity contribution >= 4 is 16.6 Å². The Morgan fingerprint density at radius 3 is 2.81 bits per heavy atom. The molecule has 2 aromatic heterocycles. The first kappa shape index (κ1) is 13.5. The zero-order valence-electron chi connectivity index (χ0n) is 12.0. The first-order valence-corrected chi connectivity index (χ1v) is 7.09. The Morgan fingerprint density at radius 1 is 1.24 bits per heavy atom. The Labute approximate surface area is 122 Å². The summed E-state index contributed by atoms with van der Waals surface area (Å²) in [7, 11) is 0. The summed E-state index contributed by atoms with van der Waals surface area (Å²) in [4.78, 5) is 12.6. The topological polar surface area (TPSA) is 61.2 Å². The molecule has 108 valence electrons. The third-order valence-corrected chi connectivity index (χ3v) is 3.82. The second-order valence-electron chi connectivity index (χ2n) is 5.30. The summed E-state index contributed by atoms with van der Waals surface area (Å²) in [5.74, 6) is 1.43. The molecule has 3 rings (SSSR count). The molecule has 0 aliphatic carbocycles. The number of aryl methyl sites for hydroxylation is 1. The molecule has 1 unspecified atom stereocenters. The van der Waals surface area contributed by atoms with E-state index in [0.717, 1.165) is 24.0 Å². The highest BCUT2D eigenvalue weighted by atomic mass is 16.3.